The summed E-state index contributed by atoms with van der Waals surface area (Å²) in [4.78, 5) is 0. The van der Waals surface area contributed by atoms with Crippen LogP contribution in [0.5, 0.6) is 0 Å². The minimum atomic E-state index is -3.65. The first-order valence-electron chi connectivity index (χ1n) is 15.0. The second-order valence-electron chi connectivity index (χ2n) is 13.5. The van der Waals surface area contributed by atoms with Gasteiger partial charge < -0.3 is 0 Å². The molecule has 0 amide bonds. The molecule has 42 heavy (non-hydrogen) atoms. The maximum absolute atomic E-state index is 3.65. The molecule has 0 radical (unpaired) electrons. The maximum Gasteiger partial charge on any atom is -0.147 e. The Morgan fingerprint density at radius 1 is 0.690 bits per heavy atom. The van der Waals surface area contributed by atoms with Crippen LogP contribution in [0.4, 0.5) is 0 Å². The molecule has 4 aromatic carbocycles. The van der Waals surface area contributed by atoms with Crippen LogP contribution in [0.3, 0.4) is 0 Å². The number of fused-ring (bicyclic) bond motifs is 2. The molecule has 2 unspecified atom stereocenters. The second-order valence-corrected chi connectivity index (χ2v) is 44.0. The number of halogens is 2. The van der Waals surface area contributed by atoms with Crippen LogP contribution in [0.15, 0.2) is 102 Å². The fourth-order valence-corrected chi connectivity index (χ4v) is 28.7. The molecule has 0 saturated heterocycles. The molecule has 4 aromatic rings. The first-order valence-corrected chi connectivity index (χ1v) is 28.6. The van der Waals surface area contributed by atoms with Crippen LogP contribution < -0.4 is 0 Å². The van der Waals surface area contributed by atoms with E-state index in [1.807, 2.05) is 0 Å². The van der Waals surface area contributed by atoms with Crippen molar-refractivity contribution in [2.75, 3.05) is 0 Å². The van der Waals surface area contributed by atoms with Crippen LogP contribution in [0.2, 0.25) is 9.26 Å². The number of hydrogen-bond acceptors (Lipinski definition) is 0. The molecular weight excluding hydrogens is 647 g/mol. The van der Waals surface area contributed by atoms with E-state index in [4.69, 9.17) is 0 Å². The summed E-state index contributed by atoms with van der Waals surface area (Å²) in [5, 5.41) is 0. The normalized spacial score (nSPS) is 17.5. The van der Waals surface area contributed by atoms with Crippen LogP contribution in [0.25, 0.3) is 34.4 Å². The first-order chi connectivity index (χ1) is 19.1. The number of aryl methyl sites for hydroxylation is 1. The molecule has 0 heterocycles. The van der Waals surface area contributed by atoms with Crippen molar-refractivity contribution in [3.05, 3.63) is 130 Å². The number of benzene rings is 4. The molecule has 0 aromatic heterocycles. The quantitative estimate of drug-likeness (QED) is 0.177. The van der Waals surface area contributed by atoms with Crippen molar-refractivity contribution in [3.8, 4) is 22.3 Å². The Hall–Kier alpha value is -1.96. The fraction of sp³-hybridized carbons (Fsp3) is 0.263. The predicted molar refractivity (Wildman–Crippen MR) is 190 cm³/mol. The van der Waals surface area contributed by atoms with Crippen molar-refractivity contribution in [2.45, 2.75) is 50.6 Å². The van der Waals surface area contributed by atoms with E-state index < -0.39 is 17.4 Å². The van der Waals surface area contributed by atoms with Gasteiger partial charge in [0.2, 0.25) is 0 Å². The van der Waals surface area contributed by atoms with E-state index in [2.05, 4.69) is 147 Å². The van der Waals surface area contributed by atoms with Crippen LogP contribution in [-0.4, -0.2) is 6.88 Å². The van der Waals surface area contributed by atoms with Gasteiger partial charge in [-0.25, -0.2) is 0 Å². The Kier molecular flexibility index (Phi) is 9.57. The average molecular weight is 691 g/mol. The average Bonchev–Trinajstić information content (AvgIpc) is 3.53. The SMILES string of the molecule is CCc1ccc(-c2ccccc2)c2c1[CH]([Zr]([CH3])([CH3])(=[SiH2])[CH]1C(C(C)C)=Cc3c(-c4ccccc4)cccc31)C(C)=C2.Cl.Cl. The molecule has 2 aliphatic rings. The number of hydrogen-bond donors (Lipinski definition) is 0. The zero-order valence-corrected chi connectivity index (χ0v) is 31.3. The molecule has 0 fully saturated rings. The molecule has 4 heteroatoms. The molecule has 0 spiro atoms. The maximum atomic E-state index is 2.77. The Morgan fingerprint density at radius 2 is 1.26 bits per heavy atom. The smallest absolute Gasteiger partial charge is 0.147 e. The first kappa shape index (κ1) is 32.9. The minimum Gasteiger partial charge on any atom is -0.147 e. The Morgan fingerprint density at radius 3 is 1.81 bits per heavy atom. The van der Waals surface area contributed by atoms with Crippen molar-refractivity contribution >= 4 is 43.8 Å². The molecular formula is C38H44Cl2SiZr. The third-order valence-electron chi connectivity index (χ3n) is 9.70. The van der Waals surface area contributed by atoms with Gasteiger partial charge in [-0.15, -0.1) is 24.8 Å². The summed E-state index contributed by atoms with van der Waals surface area (Å²) in [7, 11) is 0. The van der Waals surface area contributed by atoms with E-state index in [1.54, 1.807) is 22.3 Å². The van der Waals surface area contributed by atoms with Crippen molar-refractivity contribution in [1.82, 2.24) is 0 Å². The minimum absolute atomic E-state index is 0. The molecule has 6 rings (SSSR count). The van der Waals surface area contributed by atoms with Crippen molar-refractivity contribution < 1.29 is 17.4 Å². The fourth-order valence-electron chi connectivity index (χ4n) is 8.14. The molecule has 2 atom stereocenters. The summed E-state index contributed by atoms with van der Waals surface area (Å²) in [5.41, 5.74) is 16.4. The Labute approximate surface area is 268 Å². The molecule has 0 nitrogen and oxygen atoms in total. The van der Waals surface area contributed by atoms with Crippen molar-refractivity contribution in [1.29, 1.82) is 0 Å². The monoisotopic (exact) mass is 688 g/mol. The Bertz CT molecular complexity index is 1740. The summed E-state index contributed by atoms with van der Waals surface area (Å²) < 4.78 is 6.61. The van der Waals surface area contributed by atoms with E-state index >= 15 is 0 Å². The van der Waals surface area contributed by atoms with Crippen LogP contribution in [0, 0.1) is 5.92 Å². The summed E-state index contributed by atoms with van der Waals surface area (Å²) in [6, 6.07) is 33.9. The molecule has 218 valence electrons. The molecule has 0 N–H and O–H groups in total. The van der Waals surface area contributed by atoms with Gasteiger partial charge in [0.05, 0.1) is 0 Å². The molecule has 0 saturated carbocycles. The zero-order valence-electron chi connectivity index (χ0n) is 25.8. The van der Waals surface area contributed by atoms with Gasteiger partial charge in [0, 0.05) is 0 Å². The van der Waals surface area contributed by atoms with Gasteiger partial charge in [-0.3, -0.25) is 0 Å². The topological polar surface area (TPSA) is 0 Å². The largest absolute Gasteiger partial charge is 0.147 e. The van der Waals surface area contributed by atoms with Crippen molar-refractivity contribution in [2.24, 2.45) is 5.92 Å². The van der Waals surface area contributed by atoms with E-state index in [0.29, 0.717) is 13.2 Å². The van der Waals surface area contributed by atoms with E-state index in [9.17, 15) is 0 Å². The van der Waals surface area contributed by atoms with Gasteiger partial charge >= 0.3 is 245 Å². The second kappa shape index (κ2) is 12.2. The third-order valence-corrected chi connectivity index (χ3v) is 27.3. The van der Waals surface area contributed by atoms with Gasteiger partial charge in [-0.05, 0) is 0 Å². The molecule has 0 aliphatic heterocycles. The van der Waals surface area contributed by atoms with Gasteiger partial charge in [0.15, 0.2) is 0 Å². The van der Waals surface area contributed by atoms with Gasteiger partial charge in [-0.1, -0.05) is 0 Å². The van der Waals surface area contributed by atoms with Crippen LogP contribution >= 0.6 is 24.8 Å². The van der Waals surface area contributed by atoms with E-state index in [0.717, 1.165) is 6.42 Å². The summed E-state index contributed by atoms with van der Waals surface area (Å²) in [6.45, 7) is 12.1. The number of allylic oxidation sites excluding steroid dienone is 2. The standard InChI is InChI=1S/2C18H17.2CH3.2ClH.H2Si.Zr/c1-13(2)16-11-15-9-6-10-17(18(15)12-16)14-7-4-3-5-8-14;1-3-14-9-10-16(15-7-5-4-6-8-15)18-12-13(2)11-17(14)18;;;;;;/h3-13H,1-2H3;4-12H,3H2,1-2H3;2*1H3;2*1H;1H2;. The molecule has 2 aliphatic carbocycles. The Balaban J connectivity index is 0.00000202. The predicted octanol–water partition coefficient (Wildman–Crippen LogP) is 11.0. The van der Waals surface area contributed by atoms with E-state index in [-0.39, 0.29) is 24.8 Å². The van der Waals surface area contributed by atoms with Gasteiger partial charge in [0.1, 0.15) is 0 Å². The third kappa shape index (κ3) is 5.32. The van der Waals surface area contributed by atoms with Gasteiger partial charge in [0.25, 0.3) is 0 Å². The van der Waals surface area contributed by atoms with Crippen molar-refractivity contribution in [3.63, 3.8) is 0 Å². The summed E-state index contributed by atoms with van der Waals surface area (Å²) >= 11 is -3.65. The summed E-state index contributed by atoms with van der Waals surface area (Å²) in [5.74, 6) is 0.519. The van der Waals surface area contributed by atoms with E-state index in [1.165, 1.54) is 38.9 Å². The van der Waals surface area contributed by atoms with Gasteiger partial charge in [-0.2, -0.15) is 0 Å². The van der Waals surface area contributed by atoms with Crippen LogP contribution in [-0.2, 0) is 23.8 Å². The number of rotatable bonds is 6. The molecule has 0 bridgehead atoms. The summed E-state index contributed by atoms with van der Waals surface area (Å²) in [6.07, 6.45) is 6.23. The zero-order chi connectivity index (χ0) is 28.3. The van der Waals surface area contributed by atoms with Crippen LogP contribution in [0.1, 0.15) is 62.8 Å².